The van der Waals surface area contributed by atoms with Gasteiger partial charge in [-0.3, -0.25) is 0 Å². The van der Waals surface area contributed by atoms with Gasteiger partial charge in [-0.1, -0.05) is 40.2 Å². The maximum atomic E-state index is 12.5. The van der Waals surface area contributed by atoms with Gasteiger partial charge in [0.1, 0.15) is 12.4 Å². The molecule has 0 bridgehead atoms. The van der Waals surface area contributed by atoms with Crippen molar-refractivity contribution in [2.45, 2.75) is 16.8 Å². The molecule has 1 aliphatic rings. The lowest BCUT2D eigenvalue weighted by Crippen LogP contribution is -2.26. The predicted molar refractivity (Wildman–Crippen MR) is 132 cm³/mol. The average molecular weight is 548 g/mol. The standard InChI is InChI=1S/C24H22BrNO5S2/c1-30-24(27)16-8-10-22-21(13-16)23(20-14-18(25)9-7-17(20)15-31-22)32-12-11-26-33(28,29)19-5-3-2-4-6-19/h2-10,13-14,23,26H,11-12,15H2,1H3. The molecule has 0 aromatic heterocycles. The normalized spacial score (nSPS) is 15.0. The summed E-state index contributed by atoms with van der Waals surface area (Å²) in [5, 5.41) is -0.152. The van der Waals surface area contributed by atoms with Crippen molar-refractivity contribution in [1.29, 1.82) is 0 Å². The second kappa shape index (κ2) is 10.3. The molecule has 1 N–H and O–H groups in total. The second-order valence-corrected chi connectivity index (χ2v) is 11.2. The van der Waals surface area contributed by atoms with E-state index in [-0.39, 0.29) is 16.7 Å². The number of benzene rings is 3. The highest BCUT2D eigenvalue weighted by atomic mass is 79.9. The van der Waals surface area contributed by atoms with Crippen molar-refractivity contribution in [2.24, 2.45) is 0 Å². The summed E-state index contributed by atoms with van der Waals surface area (Å²) in [6, 6.07) is 19.6. The van der Waals surface area contributed by atoms with Gasteiger partial charge < -0.3 is 9.47 Å². The van der Waals surface area contributed by atoms with E-state index in [4.69, 9.17) is 9.47 Å². The Hall–Kier alpha value is -2.33. The number of ether oxygens (including phenoxy) is 2. The van der Waals surface area contributed by atoms with Gasteiger partial charge >= 0.3 is 5.97 Å². The van der Waals surface area contributed by atoms with Crippen LogP contribution in [0.25, 0.3) is 0 Å². The average Bonchev–Trinajstić information content (AvgIpc) is 2.98. The van der Waals surface area contributed by atoms with Crippen molar-refractivity contribution in [3.8, 4) is 5.75 Å². The largest absolute Gasteiger partial charge is 0.489 e. The lowest BCUT2D eigenvalue weighted by Gasteiger charge is -2.20. The van der Waals surface area contributed by atoms with Crippen molar-refractivity contribution >= 4 is 43.7 Å². The quantitative estimate of drug-likeness (QED) is 0.333. The highest BCUT2D eigenvalue weighted by molar-refractivity contribution is 9.10. The van der Waals surface area contributed by atoms with Crippen LogP contribution in [-0.4, -0.2) is 33.8 Å². The van der Waals surface area contributed by atoms with Crippen LogP contribution in [0.3, 0.4) is 0 Å². The van der Waals surface area contributed by atoms with Gasteiger partial charge in [0.05, 0.1) is 22.8 Å². The number of sulfonamides is 1. The molecular weight excluding hydrogens is 526 g/mol. The summed E-state index contributed by atoms with van der Waals surface area (Å²) < 4.78 is 39.6. The molecule has 0 spiro atoms. The van der Waals surface area contributed by atoms with Crippen LogP contribution in [0.2, 0.25) is 0 Å². The number of carbonyl (C=O) groups is 1. The Morgan fingerprint density at radius 1 is 1.12 bits per heavy atom. The van der Waals surface area contributed by atoms with Gasteiger partial charge in [-0.15, -0.1) is 11.8 Å². The minimum absolute atomic E-state index is 0.152. The first-order chi connectivity index (χ1) is 15.9. The molecule has 1 atom stereocenters. The number of hydrogen-bond donors (Lipinski definition) is 1. The van der Waals surface area contributed by atoms with E-state index in [1.54, 1.807) is 60.3 Å². The minimum atomic E-state index is -3.58. The number of rotatable bonds is 7. The first-order valence-electron chi connectivity index (χ1n) is 10.2. The highest BCUT2D eigenvalue weighted by Gasteiger charge is 2.27. The molecule has 3 aromatic rings. The van der Waals surface area contributed by atoms with E-state index in [1.165, 1.54) is 7.11 Å². The van der Waals surface area contributed by atoms with E-state index in [0.717, 1.165) is 21.2 Å². The van der Waals surface area contributed by atoms with E-state index < -0.39 is 16.0 Å². The molecule has 9 heteroatoms. The van der Waals surface area contributed by atoms with E-state index in [9.17, 15) is 13.2 Å². The fraction of sp³-hybridized carbons (Fsp3) is 0.208. The third kappa shape index (κ3) is 5.43. The van der Waals surface area contributed by atoms with E-state index in [0.29, 0.717) is 23.7 Å². The zero-order chi connectivity index (χ0) is 23.4. The Balaban J connectivity index is 1.59. The number of fused-ring (bicyclic) bond motifs is 2. The molecule has 4 rings (SSSR count). The number of carbonyl (C=O) groups excluding carboxylic acids is 1. The SMILES string of the molecule is COC(=O)c1ccc2c(c1)C(SCCNS(=O)(=O)c1ccccc1)c1cc(Br)ccc1CO2. The monoisotopic (exact) mass is 547 g/mol. The van der Waals surface area contributed by atoms with Gasteiger partial charge in [-0.05, 0) is 53.6 Å². The minimum Gasteiger partial charge on any atom is -0.489 e. The van der Waals surface area contributed by atoms with Crippen molar-refractivity contribution in [3.05, 3.63) is 93.5 Å². The maximum absolute atomic E-state index is 12.5. The summed E-state index contributed by atoms with van der Waals surface area (Å²) in [6.45, 7) is 0.666. The fourth-order valence-corrected chi connectivity index (χ4v) is 6.39. The van der Waals surface area contributed by atoms with Crippen molar-refractivity contribution in [3.63, 3.8) is 0 Å². The summed E-state index contributed by atoms with van der Waals surface area (Å²) in [5.74, 6) is 0.790. The van der Waals surface area contributed by atoms with Crippen LogP contribution in [0.5, 0.6) is 5.75 Å². The summed E-state index contributed by atoms with van der Waals surface area (Å²) in [5.41, 5.74) is 3.39. The summed E-state index contributed by atoms with van der Waals surface area (Å²) >= 11 is 5.14. The van der Waals surface area contributed by atoms with Crippen LogP contribution in [0, 0.1) is 0 Å². The van der Waals surface area contributed by atoms with Crippen molar-refractivity contribution in [2.75, 3.05) is 19.4 Å². The summed E-state index contributed by atoms with van der Waals surface area (Å²) in [6.07, 6.45) is 0. The number of esters is 1. The number of hydrogen-bond acceptors (Lipinski definition) is 6. The van der Waals surface area contributed by atoms with Crippen LogP contribution >= 0.6 is 27.7 Å². The van der Waals surface area contributed by atoms with Gasteiger partial charge in [0.25, 0.3) is 0 Å². The molecule has 0 saturated carbocycles. The Morgan fingerprint density at radius 3 is 2.67 bits per heavy atom. The molecule has 0 saturated heterocycles. The summed E-state index contributed by atoms with van der Waals surface area (Å²) in [4.78, 5) is 12.4. The zero-order valence-electron chi connectivity index (χ0n) is 17.8. The molecule has 1 unspecified atom stereocenters. The Labute approximate surface area is 205 Å². The first-order valence-corrected chi connectivity index (χ1v) is 13.5. The molecular formula is C24H22BrNO5S2. The van der Waals surface area contributed by atoms with Crippen LogP contribution in [0.1, 0.15) is 32.3 Å². The lowest BCUT2D eigenvalue weighted by molar-refractivity contribution is 0.0600. The molecule has 3 aromatic carbocycles. The van der Waals surface area contributed by atoms with E-state index in [1.807, 2.05) is 18.2 Å². The molecule has 0 aliphatic carbocycles. The molecule has 6 nitrogen and oxygen atoms in total. The number of halogens is 1. The van der Waals surface area contributed by atoms with Gasteiger partial charge in [0, 0.05) is 22.3 Å². The Bertz CT molecular complexity index is 1270. The lowest BCUT2D eigenvalue weighted by atomic mass is 9.98. The first kappa shape index (κ1) is 23.8. The third-order valence-corrected chi connectivity index (χ3v) is 8.47. The van der Waals surface area contributed by atoms with Crippen molar-refractivity contribution < 1.29 is 22.7 Å². The molecule has 1 aliphatic heterocycles. The van der Waals surface area contributed by atoms with Crippen LogP contribution in [0.4, 0.5) is 0 Å². The number of methoxy groups -OCH3 is 1. The Morgan fingerprint density at radius 2 is 1.91 bits per heavy atom. The van der Waals surface area contributed by atoms with Crippen LogP contribution < -0.4 is 9.46 Å². The molecule has 33 heavy (non-hydrogen) atoms. The third-order valence-electron chi connectivity index (χ3n) is 5.22. The van der Waals surface area contributed by atoms with E-state index >= 15 is 0 Å². The topological polar surface area (TPSA) is 81.7 Å². The van der Waals surface area contributed by atoms with Gasteiger partial charge in [0.15, 0.2) is 0 Å². The second-order valence-electron chi connectivity index (χ2n) is 7.34. The Kier molecular flexibility index (Phi) is 7.43. The van der Waals surface area contributed by atoms with Crippen molar-refractivity contribution in [1.82, 2.24) is 4.72 Å². The number of thioether (sulfide) groups is 1. The van der Waals surface area contributed by atoms with Crippen LogP contribution in [-0.2, 0) is 21.4 Å². The fourth-order valence-electron chi connectivity index (χ4n) is 3.61. The number of nitrogens with one attached hydrogen (secondary N) is 1. The van der Waals surface area contributed by atoms with Gasteiger partial charge in [-0.2, -0.15) is 0 Å². The highest BCUT2D eigenvalue weighted by Crippen LogP contribution is 2.45. The molecule has 172 valence electrons. The molecule has 0 amide bonds. The zero-order valence-corrected chi connectivity index (χ0v) is 21.0. The predicted octanol–water partition coefficient (Wildman–Crippen LogP) is 4.93. The molecule has 1 heterocycles. The molecule has 0 fully saturated rings. The van der Waals surface area contributed by atoms with E-state index in [2.05, 4.69) is 20.7 Å². The maximum Gasteiger partial charge on any atom is 0.337 e. The van der Waals surface area contributed by atoms with Gasteiger partial charge in [-0.25, -0.2) is 17.9 Å². The van der Waals surface area contributed by atoms with Crippen LogP contribution in [0.15, 0.2) is 76.1 Å². The summed E-state index contributed by atoms with van der Waals surface area (Å²) in [7, 11) is -2.23. The molecule has 0 radical (unpaired) electrons. The van der Waals surface area contributed by atoms with Gasteiger partial charge in [0.2, 0.25) is 10.0 Å². The smallest absolute Gasteiger partial charge is 0.337 e.